The van der Waals surface area contributed by atoms with E-state index in [-0.39, 0.29) is 4.90 Å². The molecule has 4 nitrogen and oxygen atoms in total. The molecule has 0 aliphatic heterocycles. The van der Waals surface area contributed by atoms with Gasteiger partial charge in [-0.3, -0.25) is 9.71 Å². The second-order valence-electron chi connectivity index (χ2n) is 4.95. The van der Waals surface area contributed by atoms with E-state index in [2.05, 4.69) is 25.6 Å². The van der Waals surface area contributed by atoms with Gasteiger partial charge in [0.05, 0.1) is 5.52 Å². The van der Waals surface area contributed by atoms with E-state index >= 15 is 0 Å². The van der Waals surface area contributed by atoms with E-state index in [0.29, 0.717) is 11.2 Å². The molecule has 0 spiro atoms. The highest BCUT2D eigenvalue weighted by Crippen LogP contribution is 2.24. The van der Waals surface area contributed by atoms with Gasteiger partial charge in [-0.2, -0.15) is 0 Å². The van der Waals surface area contributed by atoms with E-state index in [9.17, 15) is 8.42 Å². The third-order valence-corrected chi connectivity index (χ3v) is 5.14. The van der Waals surface area contributed by atoms with Crippen molar-refractivity contribution in [3.05, 3.63) is 64.8 Å². The fourth-order valence-electron chi connectivity index (χ4n) is 2.19. The molecule has 0 fully saturated rings. The van der Waals surface area contributed by atoms with Crippen LogP contribution in [-0.4, -0.2) is 13.4 Å². The summed E-state index contributed by atoms with van der Waals surface area (Å²) >= 11 is 3.32. The lowest BCUT2D eigenvalue weighted by atomic mass is 10.2. The zero-order valence-electron chi connectivity index (χ0n) is 11.7. The molecule has 0 atom stereocenters. The first-order valence-electron chi connectivity index (χ1n) is 6.59. The number of rotatable bonds is 3. The summed E-state index contributed by atoms with van der Waals surface area (Å²) in [5.41, 5.74) is 1.97. The number of nitrogens with one attached hydrogen (secondary N) is 1. The smallest absolute Gasteiger partial charge is 0.264 e. The number of aromatic nitrogens is 1. The van der Waals surface area contributed by atoms with Crippen molar-refractivity contribution in [2.75, 3.05) is 4.72 Å². The molecule has 0 saturated heterocycles. The van der Waals surface area contributed by atoms with Crippen molar-refractivity contribution in [2.24, 2.45) is 0 Å². The molecule has 1 N–H and O–H groups in total. The second kappa shape index (κ2) is 5.70. The number of fused-ring (bicyclic) bond motifs is 1. The Balaban J connectivity index is 2.07. The number of sulfonamides is 1. The van der Waals surface area contributed by atoms with Gasteiger partial charge in [0.25, 0.3) is 10.0 Å². The molecule has 0 aliphatic carbocycles. The molecule has 0 amide bonds. The summed E-state index contributed by atoms with van der Waals surface area (Å²) in [4.78, 5) is 4.45. The number of pyridine rings is 1. The Morgan fingerprint density at radius 1 is 1.09 bits per heavy atom. The minimum atomic E-state index is -3.69. The van der Waals surface area contributed by atoms with Crippen LogP contribution in [0.4, 0.5) is 5.69 Å². The molecule has 3 aromatic rings. The average Bonchev–Trinajstić information content (AvgIpc) is 2.48. The molecular weight excluding hydrogens is 364 g/mol. The number of para-hydroxylation sites is 1. The van der Waals surface area contributed by atoms with Crippen LogP contribution < -0.4 is 4.72 Å². The maximum absolute atomic E-state index is 12.6. The van der Waals surface area contributed by atoms with Crippen LogP contribution in [0.2, 0.25) is 0 Å². The first kappa shape index (κ1) is 15.0. The van der Waals surface area contributed by atoms with Crippen LogP contribution in [0.1, 0.15) is 5.56 Å². The standard InChI is InChI=1S/C16H13BrN2O2S/c1-11-9-12-3-2-4-15(16(12)18-10-11)22(20,21)19-14-7-5-13(17)6-8-14/h2-10,19H,1H3. The molecule has 112 valence electrons. The number of benzene rings is 2. The Morgan fingerprint density at radius 2 is 1.82 bits per heavy atom. The zero-order chi connectivity index (χ0) is 15.7. The summed E-state index contributed by atoms with van der Waals surface area (Å²) < 4.78 is 28.7. The van der Waals surface area contributed by atoms with E-state index < -0.39 is 10.0 Å². The largest absolute Gasteiger partial charge is 0.280 e. The Hall–Kier alpha value is -1.92. The average molecular weight is 377 g/mol. The molecule has 3 rings (SSSR count). The minimum absolute atomic E-state index is 0.174. The van der Waals surface area contributed by atoms with E-state index in [1.807, 2.05) is 19.1 Å². The molecule has 0 bridgehead atoms. The summed E-state index contributed by atoms with van der Waals surface area (Å²) in [6, 6.07) is 14.0. The Bertz CT molecular complexity index is 938. The third kappa shape index (κ3) is 2.98. The topological polar surface area (TPSA) is 59.1 Å². The molecule has 0 radical (unpaired) electrons. The van der Waals surface area contributed by atoms with Gasteiger partial charge in [-0.25, -0.2) is 8.42 Å². The van der Waals surface area contributed by atoms with Crippen LogP contribution in [0.25, 0.3) is 10.9 Å². The molecule has 22 heavy (non-hydrogen) atoms. The van der Waals surface area contributed by atoms with Crippen LogP contribution in [-0.2, 0) is 10.0 Å². The Morgan fingerprint density at radius 3 is 2.55 bits per heavy atom. The highest BCUT2D eigenvalue weighted by Gasteiger charge is 2.18. The van der Waals surface area contributed by atoms with Crippen LogP contribution in [0, 0.1) is 6.92 Å². The van der Waals surface area contributed by atoms with Crippen molar-refractivity contribution in [1.82, 2.24) is 4.98 Å². The lowest BCUT2D eigenvalue weighted by molar-refractivity contribution is 0.602. The van der Waals surface area contributed by atoms with Crippen molar-refractivity contribution < 1.29 is 8.42 Å². The lowest BCUT2D eigenvalue weighted by Gasteiger charge is -2.10. The van der Waals surface area contributed by atoms with Gasteiger partial charge in [0, 0.05) is 21.7 Å². The van der Waals surface area contributed by atoms with E-state index in [4.69, 9.17) is 0 Å². The minimum Gasteiger partial charge on any atom is -0.280 e. The predicted molar refractivity (Wildman–Crippen MR) is 91.4 cm³/mol. The van der Waals surface area contributed by atoms with Gasteiger partial charge < -0.3 is 0 Å². The monoisotopic (exact) mass is 376 g/mol. The summed E-state index contributed by atoms with van der Waals surface area (Å²) in [6.45, 7) is 1.92. The Labute approximate surface area is 137 Å². The molecular formula is C16H13BrN2O2S. The molecule has 1 heterocycles. The first-order valence-corrected chi connectivity index (χ1v) is 8.87. The van der Waals surface area contributed by atoms with Crippen molar-refractivity contribution in [1.29, 1.82) is 0 Å². The Kier molecular flexibility index (Phi) is 3.88. The number of nitrogens with zero attached hydrogens (tertiary/aromatic N) is 1. The zero-order valence-corrected chi connectivity index (χ0v) is 14.1. The van der Waals surface area contributed by atoms with Crippen molar-refractivity contribution in [2.45, 2.75) is 11.8 Å². The summed E-state index contributed by atoms with van der Waals surface area (Å²) in [5.74, 6) is 0. The van der Waals surface area contributed by atoms with Gasteiger partial charge in [0.1, 0.15) is 4.90 Å². The normalized spacial score (nSPS) is 11.5. The molecule has 0 aliphatic rings. The van der Waals surface area contributed by atoms with Crippen molar-refractivity contribution >= 4 is 42.5 Å². The van der Waals surface area contributed by atoms with Gasteiger partial charge >= 0.3 is 0 Å². The van der Waals surface area contributed by atoms with Crippen molar-refractivity contribution in [3.8, 4) is 0 Å². The predicted octanol–water partition coefficient (Wildman–Crippen LogP) is 4.11. The maximum atomic E-state index is 12.6. The number of hydrogen-bond acceptors (Lipinski definition) is 3. The maximum Gasteiger partial charge on any atom is 0.264 e. The highest BCUT2D eigenvalue weighted by atomic mass is 79.9. The number of aryl methyl sites for hydroxylation is 1. The molecule has 0 unspecified atom stereocenters. The third-order valence-electron chi connectivity index (χ3n) is 3.20. The van der Waals surface area contributed by atoms with Crippen LogP contribution in [0.5, 0.6) is 0 Å². The van der Waals surface area contributed by atoms with Crippen LogP contribution in [0.15, 0.2) is 64.1 Å². The molecule has 2 aromatic carbocycles. The molecule has 6 heteroatoms. The number of hydrogen-bond donors (Lipinski definition) is 1. The second-order valence-corrected chi connectivity index (χ2v) is 7.52. The first-order chi connectivity index (χ1) is 10.5. The SMILES string of the molecule is Cc1cnc2c(S(=O)(=O)Nc3ccc(Br)cc3)cccc2c1. The van der Waals surface area contributed by atoms with Crippen LogP contribution in [0.3, 0.4) is 0 Å². The number of halogens is 1. The van der Waals surface area contributed by atoms with E-state index in [1.165, 1.54) is 0 Å². The molecule has 1 aromatic heterocycles. The van der Waals surface area contributed by atoms with Gasteiger partial charge in [0.2, 0.25) is 0 Å². The number of anilines is 1. The fraction of sp³-hybridized carbons (Fsp3) is 0.0625. The summed E-state index contributed by atoms with van der Waals surface area (Å²) in [6.07, 6.45) is 1.67. The highest BCUT2D eigenvalue weighted by molar-refractivity contribution is 9.10. The quantitative estimate of drug-likeness (QED) is 0.748. The lowest BCUT2D eigenvalue weighted by Crippen LogP contribution is -2.13. The summed E-state index contributed by atoms with van der Waals surface area (Å²) in [7, 11) is -3.69. The van der Waals surface area contributed by atoms with Crippen molar-refractivity contribution in [3.63, 3.8) is 0 Å². The van der Waals surface area contributed by atoms with Crippen LogP contribution >= 0.6 is 15.9 Å². The van der Waals surface area contributed by atoms with Gasteiger partial charge in [0.15, 0.2) is 0 Å². The molecule has 0 saturated carbocycles. The van der Waals surface area contributed by atoms with Gasteiger partial charge in [-0.05, 0) is 48.9 Å². The summed E-state index contributed by atoms with van der Waals surface area (Å²) in [5, 5.41) is 0.804. The van der Waals surface area contributed by atoms with E-state index in [0.717, 1.165) is 15.4 Å². The van der Waals surface area contributed by atoms with Gasteiger partial charge in [-0.1, -0.05) is 28.1 Å². The van der Waals surface area contributed by atoms with E-state index in [1.54, 1.807) is 42.6 Å². The fourth-order valence-corrected chi connectivity index (χ4v) is 3.69. The van der Waals surface area contributed by atoms with Gasteiger partial charge in [-0.15, -0.1) is 0 Å².